The molecule has 0 bridgehead atoms. The van der Waals surface area contributed by atoms with Gasteiger partial charge >= 0.3 is 0 Å². The van der Waals surface area contributed by atoms with Crippen LogP contribution in [0.25, 0.3) is 11.2 Å². The van der Waals surface area contributed by atoms with Crippen LogP contribution in [0.5, 0.6) is 0 Å². The van der Waals surface area contributed by atoms with Crippen molar-refractivity contribution < 1.29 is 4.42 Å². The van der Waals surface area contributed by atoms with Crippen molar-refractivity contribution >= 4 is 17.0 Å². The summed E-state index contributed by atoms with van der Waals surface area (Å²) in [6.45, 7) is 2.38. The van der Waals surface area contributed by atoms with E-state index in [1.807, 2.05) is 30.5 Å². The van der Waals surface area contributed by atoms with E-state index in [0.717, 1.165) is 22.7 Å². The van der Waals surface area contributed by atoms with Crippen molar-refractivity contribution in [2.45, 2.75) is 13.5 Å². The van der Waals surface area contributed by atoms with Crippen LogP contribution in [0.2, 0.25) is 0 Å². The van der Waals surface area contributed by atoms with Crippen molar-refractivity contribution in [1.82, 2.24) is 24.5 Å². The summed E-state index contributed by atoms with van der Waals surface area (Å²) in [6, 6.07) is 0. The molecule has 0 amide bonds. The molecule has 3 rings (SSSR count). The Balaban J connectivity index is 2.03. The Morgan fingerprint density at radius 2 is 2.05 bits per heavy atom. The molecule has 0 N–H and O–H groups in total. The molecule has 0 saturated heterocycles. The van der Waals surface area contributed by atoms with Crippen LogP contribution in [-0.2, 0) is 6.54 Å². The number of fused-ring (bicyclic) bond motifs is 1. The van der Waals surface area contributed by atoms with Crippen LogP contribution in [0.1, 0.15) is 11.7 Å². The minimum Gasteiger partial charge on any atom is -0.444 e. The van der Waals surface area contributed by atoms with Crippen LogP contribution in [0.15, 0.2) is 23.3 Å². The molecule has 7 nitrogen and oxygen atoms in total. The maximum atomic E-state index is 5.47. The zero-order valence-electron chi connectivity index (χ0n) is 11.0. The van der Waals surface area contributed by atoms with E-state index in [1.54, 1.807) is 18.9 Å². The fraction of sp³-hybridized carbons (Fsp3) is 0.333. The molecule has 98 valence electrons. The molecule has 0 fully saturated rings. The van der Waals surface area contributed by atoms with Gasteiger partial charge in [-0.2, -0.15) is 0 Å². The summed E-state index contributed by atoms with van der Waals surface area (Å²) >= 11 is 0. The first kappa shape index (κ1) is 11.6. The maximum Gasteiger partial charge on any atom is 0.191 e. The van der Waals surface area contributed by atoms with Gasteiger partial charge in [0.25, 0.3) is 0 Å². The molecule has 0 aliphatic carbocycles. The summed E-state index contributed by atoms with van der Waals surface area (Å²) in [7, 11) is 3.86. The largest absolute Gasteiger partial charge is 0.444 e. The minimum atomic E-state index is 0.557. The van der Waals surface area contributed by atoms with Gasteiger partial charge < -0.3 is 13.9 Å². The highest BCUT2D eigenvalue weighted by Crippen LogP contribution is 2.20. The zero-order chi connectivity index (χ0) is 13.4. The lowest BCUT2D eigenvalue weighted by Crippen LogP contribution is -2.11. The van der Waals surface area contributed by atoms with Gasteiger partial charge in [0, 0.05) is 21.0 Å². The van der Waals surface area contributed by atoms with E-state index >= 15 is 0 Å². The van der Waals surface area contributed by atoms with Crippen molar-refractivity contribution in [3.8, 4) is 0 Å². The summed E-state index contributed by atoms with van der Waals surface area (Å²) in [5.41, 5.74) is 1.57. The summed E-state index contributed by atoms with van der Waals surface area (Å²) < 4.78 is 7.39. The standard InChI is InChI=1S/C12H14N6O/c1-8-13-4-9(19-8)5-18-7-16-10-11(17(2)3)14-6-15-12(10)18/h4,6-7H,5H2,1-3H3. The minimum absolute atomic E-state index is 0.557. The van der Waals surface area contributed by atoms with E-state index in [9.17, 15) is 0 Å². The third-order valence-electron chi connectivity index (χ3n) is 2.80. The second-order valence-electron chi connectivity index (χ2n) is 4.48. The molecule has 0 atom stereocenters. The van der Waals surface area contributed by atoms with Gasteiger partial charge in [-0.1, -0.05) is 0 Å². The second-order valence-corrected chi connectivity index (χ2v) is 4.48. The molecule has 3 aromatic rings. The predicted molar refractivity (Wildman–Crippen MR) is 70.0 cm³/mol. The Morgan fingerprint density at radius 1 is 1.21 bits per heavy atom. The van der Waals surface area contributed by atoms with Crippen LogP contribution in [0.4, 0.5) is 5.82 Å². The van der Waals surface area contributed by atoms with E-state index in [-0.39, 0.29) is 0 Å². The topological polar surface area (TPSA) is 72.9 Å². The normalized spacial score (nSPS) is 11.1. The smallest absolute Gasteiger partial charge is 0.191 e. The molecule has 3 heterocycles. The van der Waals surface area contributed by atoms with Gasteiger partial charge in [0.2, 0.25) is 0 Å². The lowest BCUT2D eigenvalue weighted by Gasteiger charge is -2.10. The Morgan fingerprint density at radius 3 is 2.74 bits per heavy atom. The summed E-state index contributed by atoms with van der Waals surface area (Å²) in [5, 5.41) is 0. The highest BCUT2D eigenvalue weighted by molar-refractivity contribution is 5.83. The van der Waals surface area contributed by atoms with Crippen LogP contribution < -0.4 is 4.90 Å². The van der Waals surface area contributed by atoms with E-state index in [1.165, 1.54) is 0 Å². The van der Waals surface area contributed by atoms with Gasteiger partial charge in [0.1, 0.15) is 12.1 Å². The van der Waals surface area contributed by atoms with Crippen molar-refractivity contribution in [2.75, 3.05) is 19.0 Å². The molecule has 0 unspecified atom stereocenters. The predicted octanol–water partition coefficient (Wildman–Crippen LogP) is 1.24. The number of hydrogen-bond donors (Lipinski definition) is 0. The molecule has 0 aliphatic rings. The lowest BCUT2D eigenvalue weighted by molar-refractivity contribution is 0.464. The first-order valence-electron chi connectivity index (χ1n) is 5.89. The van der Waals surface area contributed by atoms with Crippen LogP contribution in [0, 0.1) is 6.92 Å². The highest BCUT2D eigenvalue weighted by Gasteiger charge is 2.12. The Kier molecular flexibility index (Phi) is 2.66. The number of oxazole rings is 1. The number of anilines is 1. The molecule has 0 aliphatic heterocycles. The molecule has 0 aromatic carbocycles. The highest BCUT2D eigenvalue weighted by atomic mass is 16.4. The molecule has 0 radical (unpaired) electrons. The number of aryl methyl sites for hydroxylation is 1. The fourth-order valence-corrected chi connectivity index (χ4v) is 1.96. The van der Waals surface area contributed by atoms with Crippen molar-refractivity contribution in [3.05, 3.63) is 30.5 Å². The average molecular weight is 258 g/mol. The second kappa shape index (κ2) is 4.34. The van der Waals surface area contributed by atoms with Gasteiger partial charge in [0.15, 0.2) is 22.9 Å². The van der Waals surface area contributed by atoms with Crippen molar-refractivity contribution in [2.24, 2.45) is 0 Å². The molecule has 3 aromatic heterocycles. The van der Waals surface area contributed by atoms with Gasteiger partial charge in [0.05, 0.1) is 19.1 Å². The number of aromatic nitrogens is 5. The van der Waals surface area contributed by atoms with Crippen LogP contribution in [0.3, 0.4) is 0 Å². The number of rotatable bonds is 3. The third kappa shape index (κ3) is 2.03. The third-order valence-corrected chi connectivity index (χ3v) is 2.80. The van der Waals surface area contributed by atoms with Crippen molar-refractivity contribution in [3.63, 3.8) is 0 Å². The quantitative estimate of drug-likeness (QED) is 0.703. The first-order valence-corrected chi connectivity index (χ1v) is 5.89. The molecule has 7 heteroatoms. The SMILES string of the molecule is Cc1ncc(Cn2cnc3c(N(C)C)ncnc32)o1. The number of imidazole rings is 1. The van der Waals surface area contributed by atoms with Gasteiger partial charge in [-0.05, 0) is 0 Å². The van der Waals surface area contributed by atoms with Crippen molar-refractivity contribution in [1.29, 1.82) is 0 Å². The molecule has 0 saturated carbocycles. The average Bonchev–Trinajstić information content (AvgIpc) is 2.97. The van der Waals surface area contributed by atoms with Crippen LogP contribution >= 0.6 is 0 Å². The number of nitrogens with zero attached hydrogens (tertiary/aromatic N) is 6. The molecular formula is C12H14N6O. The van der Waals surface area contributed by atoms with E-state index in [0.29, 0.717) is 12.4 Å². The number of hydrogen-bond acceptors (Lipinski definition) is 6. The van der Waals surface area contributed by atoms with Gasteiger partial charge in [-0.3, -0.25) is 0 Å². The van der Waals surface area contributed by atoms with Gasteiger partial charge in [-0.25, -0.2) is 19.9 Å². The zero-order valence-corrected chi connectivity index (χ0v) is 11.0. The van der Waals surface area contributed by atoms with E-state index in [2.05, 4.69) is 19.9 Å². The van der Waals surface area contributed by atoms with Crippen LogP contribution in [-0.4, -0.2) is 38.6 Å². The monoisotopic (exact) mass is 258 g/mol. The van der Waals surface area contributed by atoms with E-state index in [4.69, 9.17) is 4.42 Å². The summed E-state index contributed by atoms with van der Waals surface area (Å²) in [6.07, 6.45) is 5.00. The Hall–Kier alpha value is -2.44. The summed E-state index contributed by atoms with van der Waals surface area (Å²) in [4.78, 5) is 18.9. The Bertz CT molecular complexity index is 714. The summed E-state index contributed by atoms with van der Waals surface area (Å²) in [5.74, 6) is 2.24. The maximum absolute atomic E-state index is 5.47. The van der Waals surface area contributed by atoms with E-state index < -0.39 is 0 Å². The molecule has 19 heavy (non-hydrogen) atoms. The molecular weight excluding hydrogens is 244 g/mol. The van der Waals surface area contributed by atoms with Gasteiger partial charge in [-0.15, -0.1) is 0 Å². The molecule has 0 spiro atoms. The first-order chi connectivity index (χ1) is 9.15. The fourth-order valence-electron chi connectivity index (χ4n) is 1.96. The lowest BCUT2D eigenvalue weighted by atomic mass is 10.4. The Labute approximate surface area is 109 Å².